The van der Waals surface area contributed by atoms with Crippen LogP contribution in [0.25, 0.3) is 0 Å². The zero-order chi connectivity index (χ0) is 16.4. The number of methoxy groups -OCH3 is 1. The molecule has 1 aromatic rings. The smallest absolute Gasteiger partial charge is 0.494 e. The first-order valence-electron chi connectivity index (χ1n) is 8.88. The molecule has 0 spiro atoms. The maximum Gasteiger partial charge on any atom is 0.494 e. The van der Waals surface area contributed by atoms with Gasteiger partial charge in [0.15, 0.2) is 0 Å². The topological polar surface area (TPSA) is 27.7 Å². The van der Waals surface area contributed by atoms with Crippen molar-refractivity contribution in [2.45, 2.75) is 59.2 Å². The van der Waals surface area contributed by atoms with Crippen LogP contribution in [0.15, 0.2) is 18.2 Å². The molecule has 1 aromatic carbocycles. The van der Waals surface area contributed by atoms with Crippen LogP contribution in [0.3, 0.4) is 0 Å². The Morgan fingerprint density at radius 3 is 2.70 bits per heavy atom. The van der Waals surface area contributed by atoms with Gasteiger partial charge in [0.05, 0.1) is 19.3 Å². The molecule has 0 amide bonds. The van der Waals surface area contributed by atoms with Crippen molar-refractivity contribution in [2.75, 3.05) is 7.11 Å². The third kappa shape index (κ3) is 1.91. The molecule has 4 aliphatic rings. The molecule has 1 aliphatic heterocycles. The number of aryl methyl sites for hydroxylation is 1. The van der Waals surface area contributed by atoms with Gasteiger partial charge in [0.1, 0.15) is 5.75 Å². The van der Waals surface area contributed by atoms with Crippen LogP contribution in [0.5, 0.6) is 5.75 Å². The van der Waals surface area contributed by atoms with Crippen LogP contribution >= 0.6 is 0 Å². The summed E-state index contributed by atoms with van der Waals surface area (Å²) in [7, 11) is 1.47. The Morgan fingerprint density at radius 2 is 2.09 bits per heavy atom. The minimum atomic E-state index is -0.227. The zero-order valence-electron chi connectivity index (χ0n) is 14.9. The average Bonchev–Trinajstić information content (AvgIpc) is 2.97. The van der Waals surface area contributed by atoms with Crippen molar-refractivity contribution in [1.82, 2.24) is 0 Å². The summed E-state index contributed by atoms with van der Waals surface area (Å²) in [6.07, 6.45) is 4.11. The maximum atomic E-state index is 6.52. The van der Waals surface area contributed by atoms with Crippen molar-refractivity contribution >= 4 is 12.6 Å². The molecule has 124 valence electrons. The fourth-order valence-corrected chi connectivity index (χ4v) is 5.51. The van der Waals surface area contributed by atoms with Crippen LogP contribution in [0.4, 0.5) is 0 Å². The monoisotopic (exact) mass is 314 g/mol. The van der Waals surface area contributed by atoms with Crippen molar-refractivity contribution in [3.63, 3.8) is 0 Å². The summed E-state index contributed by atoms with van der Waals surface area (Å²) < 4.78 is 18.2. The summed E-state index contributed by atoms with van der Waals surface area (Å²) >= 11 is 0. The first kappa shape index (κ1) is 15.5. The lowest BCUT2D eigenvalue weighted by Gasteiger charge is -2.69. The van der Waals surface area contributed by atoms with Crippen molar-refractivity contribution < 1.29 is 14.0 Å². The van der Waals surface area contributed by atoms with Gasteiger partial charge in [0.2, 0.25) is 0 Å². The predicted octanol–water partition coefficient (Wildman–Crippen LogP) is 3.33. The van der Waals surface area contributed by atoms with E-state index < -0.39 is 0 Å². The quantitative estimate of drug-likeness (QED) is 0.801. The number of hydrogen-bond donors (Lipinski definition) is 0. The van der Waals surface area contributed by atoms with Gasteiger partial charge >= 0.3 is 7.12 Å². The molecule has 1 saturated heterocycles. The number of hydrogen-bond acceptors (Lipinski definition) is 3. The van der Waals surface area contributed by atoms with Gasteiger partial charge in [-0.2, -0.15) is 0 Å². The van der Waals surface area contributed by atoms with Crippen LogP contribution in [0, 0.1) is 23.7 Å². The van der Waals surface area contributed by atoms with Crippen LogP contribution < -0.4 is 10.2 Å². The van der Waals surface area contributed by atoms with Gasteiger partial charge < -0.3 is 14.0 Å². The summed E-state index contributed by atoms with van der Waals surface area (Å²) in [5, 5.41) is 0. The Morgan fingerprint density at radius 1 is 1.30 bits per heavy atom. The highest BCUT2D eigenvalue weighted by Gasteiger charge is 2.70. The Kier molecular flexibility index (Phi) is 3.38. The van der Waals surface area contributed by atoms with E-state index in [0.29, 0.717) is 5.41 Å². The van der Waals surface area contributed by atoms with E-state index in [-0.39, 0.29) is 24.7 Å². The average molecular weight is 314 g/mol. The predicted molar refractivity (Wildman–Crippen MR) is 92.1 cm³/mol. The molecule has 0 radical (unpaired) electrons. The third-order valence-electron chi connectivity index (χ3n) is 7.24. The molecule has 4 atom stereocenters. The molecule has 4 fully saturated rings. The minimum absolute atomic E-state index is 0.227. The number of rotatable bonds is 3. The first-order chi connectivity index (χ1) is 10.9. The highest BCUT2D eigenvalue weighted by Crippen LogP contribution is 2.70. The molecule has 1 heterocycles. The van der Waals surface area contributed by atoms with E-state index in [9.17, 15) is 0 Å². The number of benzene rings is 1. The van der Waals surface area contributed by atoms with Gasteiger partial charge in [-0.3, -0.25) is 0 Å². The number of ether oxygens (including phenoxy) is 1. The maximum absolute atomic E-state index is 6.52. The molecule has 5 rings (SSSR count). The van der Waals surface area contributed by atoms with Gasteiger partial charge in [-0.1, -0.05) is 26.8 Å². The summed E-state index contributed by atoms with van der Waals surface area (Å²) in [4.78, 5) is 0. The van der Waals surface area contributed by atoms with Crippen molar-refractivity contribution in [3.8, 4) is 5.75 Å². The molecular weight excluding hydrogens is 287 g/mol. The van der Waals surface area contributed by atoms with Gasteiger partial charge in [-0.05, 0) is 60.7 Å². The molecule has 3 nitrogen and oxygen atoms in total. The molecule has 3 aliphatic carbocycles. The molecule has 0 N–H and O–H groups in total. The normalized spacial score (nSPS) is 37.3. The van der Waals surface area contributed by atoms with Crippen LogP contribution in [-0.4, -0.2) is 26.4 Å². The second-order valence-electron chi connectivity index (χ2n) is 8.15. The van der Waals surface area contributed by atoms with Crippen molar-refractivity contribution in [2.24, 2.45) is 16.7 Å². The van der Waals surface area contributed by atoms with Crippen molar-refractivity contribution in [1.29, 1.82) is 0 Å². The van der Waals surface area contributed by atoms with Crippen molar-refractivity contribution in [3.05, 3.63) is 23.8 Å². The van der Waals surface area contributed by atoms with E-state index in [0.717, 1.165) is 23.6 Å². The first-order valence-corrected chi connectivity index (χ1v) is 8.88. The lowest BCUT2D eigenvalue weighted by molar-refractivity contribution is -0.232. The van der Waals surface area contributed by atoms with E-state index in [4.69, 9.17) is 14.0 Å². The van der Waals surface area contributed by atoms with Gasteiger partial charge in [-0.15, -0.1) is 0 Å². The van der Waals surface area contributed by atoms with E-state index in [1.807, 2.05) is 6.07 Å². The summed E-state index contributed by atoms with van der Waals surface area (Å²) in [5.74, 6) is 1.66. The minimum Gasteiger partial charge on any atom is -0.497 e. The summed E-state index contributed by atoms with van der Waals surface area (Å²) in [5.41, 5.74) is 2.97. The SMILES string of the molecule is CCC12CC(CC3OB(c4ccc(OC)cc4C)OC31)C2(C)C. The van der Waals surface area contributed by atoms with Gasteiger partial charge in [0, 0.05) is 5.41 Å². The largest absolute Gasteiger partial charge is 0.497 e. The Labute approximate surface area is 139 Å². The molecule has 23 heavy (non-hydrogen) atoms. The fourth-order valence-electron chi connectivity index (χ4n) is 5.51. The van der Waals surface area contributed by atoms with Crippen LogP contribution in [-0.2, 0) is 9.31 Å². The Bertz CT molecular complexity index is 629. The highest BCUT2D eigenvalue weighted by atomic mass is 16.7. The Hall–Kier alpha value is -0.995. The standard InChI is InChI=1S/C19H27BO3/c1-6-19-11-13(18(19,3)4)10-16-17(19)23-20(22-16)15-8-7-14(21-5)9-12(15)2/h7-9,13,16-17H,6,10-11H2,1-5H3. The van der Waals surface area contributed by atoms with Gasteiger partial charge in [0.25, 0.3) is 0 Å². The molecule has 4 heteroatoms. The second-order valence-corrected chi connectivity index (χ2v) is 8.15. The fraction of sp³-hybridized carbons (Fsp3) is 0.684. The molecule has 2 bridgehead atoms. The zero-order valence-corrected chi connectivity index (χ0v) is 14.9. The lowest BCUT2D eigenvalue weighted by atomic mass is 9.37. The molecule has 3 saturated carbocycles. The highest BCUT2D eigenvalue weighted by molar-refractivity contribution is 6.62. The summed E-state index contributed by atoms with van der Waals surface area (Å²) in [6, 6.07) is 6.14. The van der Waals surface area contributed by atoms with Gasteiger partial charge in [-0.25, -0.2) is 0 Å². The van der Waals surface area contributed by atoms with Crippen LogP contribution in [0.2, 0.25) is 0 Å². The van der Waals surface area contributed by atoms with E-state index >= 15 is 0 Å². The summed E-state index contributed by atoms with van der Waals surface area (Å²) in [6.45, 7) is 9.27. The van der Waals surface area contributed by atoms with E-state index in [1.165, 1.54) is 18.4 Å². The van der Waals surface area contributed by atoms with Crippen LogP contribution in [0.1, 0.15) is 45.6 Å². The van der Waals surface area contributed by atoms with E-state index in [1.54, 1.807) is 7.11 Å². The third-order valence-corrected chi connectivity index (χ3v) is 7.24. The van der Waals surface area contributed by atoms with E-state index in [2.05, 4.69) is 39.8 Å². The Balaban J connectivity index is 1.62. The lowest BCUT2D eigenvalue weighted by Crippen LogP contribution is -2.67. The molecular formula is C19H27BO3. The molecule has 4 unspecified atom stereocenters. The molecule has 0 aromatic heterocycles. The second kappa shape index (κ2) is 5.00.